The minimum absolute atomic E-state index is 0.0334. The van der Waals surface area contributed by atoms with Gasteiger partial charge < -0.3 is 15.0 Å². The van der Waals surface area contributed by atoms with Crippen molar-refractivity contribution < 1.29 is 19.1 Å². The summed E-state index contributed by atoms with van der Waals surface area (Å²) in [5.41, 5.74) is 2.10. The van der Waals surface area contributed by atoms with E-state index < -0.39 is 12.1 Å². The number of hydrogen-bond donors (Lipinski definition) is 1. The van der Waals surface area contributed by atoms with Crippen molar-refractivity contribution in [2.24, 2.45) is 0 Å². The zero-order valence-electron chi connectivity index (χ0n) is 17.3. The number of ether oxygens (including phenoxy) is 1. The maximum Gasteiger partial charge on any atom is 0.251 e. The summed E-state index contributed by atoms with van der Waals surface area (Å²) >= 11 is 0. The third kappa shape index (κ3) is 3.85. The highest BCUT2D eigenvalue weighted by molar-refractivity contribution is 6.01. The number of aromatic nitrogens is 2. The fourth-order valence-electron chi connectivity index (χ4n) is 4.45. The average molecular weight is 430 g/mol. The molecule has 2 aliphatic heterocycles. The largest absolute Gasteiger partial charge is 0.368 e. The third-order valence-electron chi connectivity index (χ3n) is 6.05. The number of amides is 2. The number of Topliss-reactive ketones (excluding diaryl/α,β-unsaturated/α-hetero) is 1. The molecule has 0 saturated carbocycles. The lowest BCUT2D eigenvalue weighted by Crippen LogP contribution is -2.53. The van der Waals surface area contributed by atoms with Crippen LogP contribution < -0.4 is 5.32 Å². The molecule has 2 amide bonds. The molecule has 5 rings (SSSR count). The van der Waals surface area contributed by atoms with Crippen molar-refractivity contribution in [3.63, 3.8) is 0 Å². The highest BCUT2D eigenvalue weighted by Gasteiger charge is 2.48. The van der Waals surface area contributed by atoms with Crippen LogP contribution in [0.1, 0.15) is 22.3 Å². The van der Waals surface area contributed by atoms with E-state index >= 15 is 0 Å². The topological polar surface area (TPSA) is 101 Å². The van der Waals surface area contributed by atoms with Crippen LogP contribution in [-0.4, -0.2) is 63.8 Å². The number of hydrogen-bond acceptors (Lipinski definition) is 6. The summed E-state index contributed by atoms with van der Waals surface area (Å²) in [6, 6.07) is 11.2. The molecule has 8 heteroatoms. The first-order valence-corrected chi connectivity index (χ1v) is 10.6. The predicted octanol–water partition coefficient (Wildman–Crippen LogP) is 1.54. The SMILES string of the molecule is O=C(NC(Cc1ccncc1)C(=O)N1CCC2OCC(=O)C21)c1ccc2ncccc2c1. The van der Waals surface area contributed by atoms with Gasteiger partial charge >= 0.3 is 0 Å². The first-order chi connectivity index (χ1) is 15.6. The van der Waals surface area contributed by atoms with Crippen molar-refractivity contribution in [1.82, 2.24) is 20.2 Å². The van der Waals surface area contributed by atoms with E-state index in [-0.39, 0.29) is 30.3 Å². The Hall–Kier alpha value is -3.65. The zero-order chi connectivity index (χ0) is 22.1. The molecule has 4 heterocycles. The summed E-state index contributed by atoms with van der Waals surface area (Å²) in [5, 5.41) is 3.74. The Morgan fingerprint density at radius 1 is 1.16 bits per heavy atom. The van der Waals surface area contributed by atoms with E-state index in [0.717, 1.165) is 16.5 Å². The summed E-state index contributed by atoms with van der Waals surface area (Å²) in [7, 11) is 0. The van der Waals surface area contributed by atoms with Crippen molar-refractivity contribution in [3.05, 3.63) is 72.2 Å². The molecular formula is C24H22N4O4. The van der Waals surface area contributed by atoms with Crippen LogP contribution in [0.4, 0.5) is 0 Å². The Labute approximate surface area is 184 Å². The summed E-state index contributed by atoms with van der Waals surface area (Å²) < 4.78 is 5.51. The molecule has 3 aromatic rings. The van der Waals surface area contributed by atoms with Gasteiger partial charge in [0.1, 0.15) is 18.7 Å². The molecule has 1 aromatic carbocycles. The zero-order valence-corrected chi connectivity index (χ0v) is 17.3. The number of carbonyl (C=O) groups is 3. The van der Waals surface area contributed by atoms with Gasteiger partial charge in [0.25, 0.3) is 5.91 Å². The molecule has 3 unspecified atom stereocenters. The molecule has 2 aromatic heterocycles. The minimum Gasteiger partial charge on any atom is -0.368 e. The van der Waals surface area contributed by atoms with Gasteiger partial charge in [-0.05, 0) is 48.4 Å². The number of pyridine rings is 2. The molecule has 162 valence electrons. The monoisotopic (exact) mass is 430 g/mol. The van der Waals surface area contributed by atoms with Crippen molar-refractivity contribution in [3.8, 4) is 0 Å². The molecule has 2 saturated heterocycles. The highest BCUT2D eigenvalue weighted by Crippen LogP contribution is 2.28. The van der Waals surface area contributed by atoms with Gasteiger partial charge in [-0.15, -0.1) is 0 Å². The molecule has 0 radical (unpaired) electrons. The lowest BCUT2D eigenvalue weighted by Gasteiger charge is -2.27. The van der Waals surface area contributed by atoms with Crippen LogP contribution in [0.2, 0.25) is 0 Å². The number of nitrogens with zero attached hydrogens (tertiary/aromatic N) is 3. The number of ketones is 1. The van der Waals surface area contributed by atoms with E-state index in [4.69, 9.17) is 4.74 Å². The van der Waals surface area contributed by atoms with Gasteiger partial charge in [0, 0.05) is 42.5 Å². The van der Waals surface area contributed by atoms with Crippen LogP contribution in [0.15, 0.2) is 61.1 Å². The van der Waals surface area contributed by atoms with Gasteiger partial charge in [0.05, 0.1) is 11.6 Å². The van der Waals surface area contributed by atoms with Crippen LogP contribution in [0, 0.1) is 0 Å². The third-order valence-corrected chi connectivity index (χ3v) is 6.05. The van der Waals surface area contributed by atoms with E-state index in [1.807, 2.05) is 24.3 Å². The molecule has 0 aliphatic carbocycles. The van der Waals surface area contributed by atoms with Gasteiger partial charge in [0.15, 0.2) is 5.78 Å². The Balaban J connectivity index is 1.40. The quantitative estimate of drug-likeness (QED) is 0.659. The van der Waals surface area contributed by atoms with Gasteiger partial charge in [-0.25, -0.2) is 0 Å². The number of benzene rings is 1. The van der Waals surface area contributed by atoms with Crippen LogP contribution in [0.25, 0.3) is 10.9 Å². The molecule has 1 N–H and O–H groups in total. The average Bonchev–Trinajstić information content (AvgIpc) is 3.41. The van der Waals surface area contributed by atoms with Crippen LogP contribution in [0.3, 0.4) is 0 Å². The fourth-order valence-corrected chi connectivity index (χ4v) is 4.45. The van der Waals surface area contributed by atoms with Crippen LogP contribution in [0.5, 0.6) is 0 Å². The van der Waals surface area contributed by atoms with E-state index in [9.17, 15) is 14.4 Å². The second-order valence-electron chi connectivity index (χ2n) is 8.08. The normalized spacial score (nSPS) is 20.9. The number of nitrogens with one attached hydrogen (secondary N) is 1. The molecule has 2 fully saturated rings. The Morgan fingerprint density at radius 2 is 2.00 bits per heavy atom. The maximum absolute atomic E-state index is 13.5. The molecular weight excluding hydrogens is 408 g/mol. The van der Waals surface area contributed by atoms with Crippen molar-refractivity contribution in [2.45, 2.75) is 31.0 Å². The summed E-state index contributed by atoms with van der Waals surface area (Å²) in [6.45, 7) is 0.468. The van der Waals surface area contributed by atoms with Gasteiger partial charge in [0.2, 0.25) is 5.91 Å². The highest BCUT2D eigenvalue weighted by atomic mass is 16.5. The molecule has 8 nitrogen and oxygen atoms in total. The van der Waals surface area contributed by atoms with Crippen molar-refractivity contribution in [1.29, 1.82) is 0 Å². The number of likely N-dealkylation sites (tertiary alicyclic amines) is 1. The second-order valence-corrected chi connectivity index (χ2v) is 8.08. The first kappa shape index (κ1) is 20.3. The second kappa shape index (κ2) is 8.47. The maximum atomic E-state index is 13.5. The Morgan fingerprint density at radius 3 is 2.84 bits per heavy atom. The van der Waals surface area contributed by atoms with Gasteiger partial charge in [-0.3, -0.25) is 24.4 Å². The van der Waals surface area contributed by atoms with E-state index in [1.165, 1.54) is 0 Å². The number of rotatable bonds is 5. The van der Waals surface area contributed by atoms with Crippen LogP contribution >= 0.6 is 0 Å². The molecule has 0 bridgehead atoms. The van der Waals surface area contributed by atoms with E-state index in [0.29, 0.717) is 24.9 Å². The van der Waals surface area contributed by atoms with E-state index in [2.05, 4.69) is 15.3 Å². The van der Waals surface area contributed by atoms with Crippen molar-refractivity contribution >= 4 is 28.5 Å². The standard InChI is InChI=1S/C24H22N4O4/c29-20-14-32-21-7-11-28(22(20)21)24(31)19(12-15-5-9-25-10-6-15)27-23(30)17-3-4-18-16(13-17)2-1-8-26-18/h1-6,8-10,13,19,21-22H,7,11-12,14H2,(H,27,30). The summed E-state index contributed by atoms with van der Waals surface area (Å²) in [5.74, 6) is -0.714. The predicted molar refractivity (Wildman–Crippen MR) is 116 cm³/mol. The Kier molecular flexibility index (Phi) is 5.36. The smallest absolute Gasteiger partial charge is 0.251 e. The molecule has 32 heavy (non-hydrogen) atoms. The first-order valence-electron chi connectivity index (χ1n) is 10.6. The fraction of sp³-hybridized carbons (Fsp3) is 0.292. The lowest BCUT2D eigenvalue weighted by atomic mass is 10.0. The van der Waals surface area contributed by atoms with Crippen LogP contribution in [-0.2, 0) is 20.7 Å². The number of fused-ring (bicyclic) bond motifs is 2. The Bertz CT molecular complexity index is 1180. The minimum atomic E-state index is -0.818. The van der Waals surface area contributed by atoms with E-state index in [1.54, 1.807) is 41.7 Å². The van der Waals surface area contributed by atoms with Gasteiger partial charge in [-0.1, -0.05) is 6.07 Å². The lowest BCUT2D eigenvalue weighted by molar-refractivity contribution is -0.138. The molecule has 3 atom stereocenters. The van der Waals surface area contributed by atoms with Crippen molar-refractivity contribution in [2.75, 3.05) is 13.2 Å². The summed E-state index contributed by atoms with van der Waals surface area (Å²) in [6.07, 6.45) is 5.66. The molecule has 0 spiro atoms. The number of carbonyl (C=O) groups excluding carboxylic acids is 3. The van der Waals surface area contributed by atoms with Gasteiger partial charge in [-0.2, -0.15) is 0 Å². The molecule has 2 aliphatic rings. The summed E-state index contributed by atoms with van der Waals surface area (Å²) in [4.78, 5) is 48.7.